The number of unbranched alkanes of at least 4 members (excludes halogenated alkanes) is 3. The summed E-state index contributed by atoms with van der Waals surface area (Å²) >= 11 is 0. The summed E-state index contributed by atoms with van der Waals surface area (Å²) in [6.45, 7) is 4.38. The molecule has 0 saturated carbocycles. The van der Waals surface area contributed by atoms with Gasteiger partial charge in [0.05, 0.1) is 0 Å². The van der Waals surface area contributed by atoms with Gasteiger partial charge >= 0.3 is 0 Å². The summed E-state index contributed by atoms with van der Waals surface area (Å²) in [6, 6.07) is 10.7. The Morgan fingerprint density at radius 3 is 2.14 bits per heavy atom. The SMILES string of the molecule is CCCC=CC(OC)OC.CCCCCc1ccccc1. The molecule has 0 atom stereocenters. The number of aryl methyl sites for hydroxylation is 1. The Labute approximate surface area is 131 Å². The van der Waals surface area contributed by atoms with Crippen LogP contribution in [0.15, 0.2) is 42.5 Å². The van der Waals surface area contributed by atoms with E-state index < -0.39 is 0 Å². The summed E-state index contributed by atoms with van der Waals surface area (Å²) in [5, 5.41) is 0. The summed E-state index contributed by atoms with van der Waals surface area (Å²) in [7, 11) is 3.26. The molecule has 0 radical (unpaired) electrons. The van der Waals surface area contributed by atoms with Gasteiger partial charge in [0.25, 0.3) is 0 Å². The molecule has 0 aliphatic rings. The first-order chi connectivity index (χ1) is 10.3. The van der Waals surface area contributed by atoms with E-state index >= 15 is 0 Å². The Hall–Kier alpha value is -1.12. The molecule has 0 spiro atoms. The van der Waals surface area contributed by atoms with E-state index in [-0.39, 0.29) is 6.29 Å². The Morgan fingerprint density at radius 2 is 1.62 bits per heavy atom. The second-order valence-electron chi connectivity index (χ2n) is 5.00. The third-order valence-corrected chi connectivity index (χ3v) is 3.13. The summed E-state index contributed by atoms with van der Waals surface area (Å²) < 4.78 is 9.87. The van der Waals surface area contributed by atoms with E-state index in [4.69, 9.17) is 9.47 Å². The lowest BCUT2D eigenvalue weighted by Gasteiger charge is -2.06. The molecule has 21 heavy (non-hydrogen) atoms. The number of benzene rings is 1. The van der Waals surface area contributed by atoms with E-state index in [1.54, 1.807) is 14.2 Å². The summed E-state index contributed by atoms with van der Waals surface area (Å²) in [6.07, 6.45) is 11.3. The Bertz CT molecular complexity index is 329. The second kappa shape index (κ2) is 15.3. The number of rotatable bonds is 9. The number of ether oxygens (including phenoxy) is 2. The highest BCUT2D eigenvalue weighted by Crippen LogP contribution is 2.05. The molecule has 120 valence electrons. The van der Waals surface area contributed by atoms with Crippen molar-refractivity contribution in [3.63, 3.8) is 0 Å². The molecule has 0 N–H and O–H groups in total. The van der Waals surface area contributed by atoms with E-state index in [9.17, 15) is 0 Å². The van der Waals surface area contributed by atoms with Crippen molar-refractivity contribution in [2.75, 3.05) is 14.2 Å². The van der Waals surface area contributed by atoms with Crippen LogP contribution in [0.3, 0.4) is 0 Å². The monoisotopic (exact) mass is 292 g/mol. The molecule has 0 saturated heterocycles. The third kappa shape index (κ3) is 12.3. The molecule has 2 nitrogen and oxygen atoms in total. The maximum Gasteiger partial charge on any atom is 0.176 e. The molecular weight excluding hydrogens is 260 g/mol. The van der Waals surface area contributed by atoms with Crippen LogP contribution < -0.4 is 0 Å². The van der Waals surface area contributed by atoms with E-state index in [1.165, 1.54) is 31.2 Å². The number of hydrogen-bond acceptors (Lipinski definition) is 2. The zero-order valence-electron chi connectivity index (χ0n) is 14.2. The first-order valence-electron chi connectivity index (χ1n) is 8.04. The Kier molecular flexibility index (Phi) is 14.5. The molecule has 0 aromatic heterocycles. The van der Waals surface area contributed by atoms with Gasteiger partial charge in [-0.1, -0.05) is 69.5 Å². The van der Waals surface area contributed by atoms with E-state index in [0.717, 1.165) is 12.8 Å². The largest absolute Gasteiger partial charge is 0.352 e. The molecule has 0 fully saturated rings. The van der Waals surface area contributed by atoms with Crippen LogP contribution in [-0.2, 0) is 15.9 Å². The standard InChI is InChI=1S/C11H16.C8H16O2/c1-2-3-5-8-11-9-6-4-7-10-11;1-4-5-6-7-8(9-2)10-3/h4,6-7,9-10H,2-3,5,8H2,1H3;6-8H,4-5H2,1-3H3. The highest BCUT2D eigenvalue weighted by atomic mass is 16.7. The van der Waals surface area contributed by atoms with Crippen LogP contribution in [0.25, 0.3) is 0 Å². The summed E-state index contributed by atoms with van der Waals surface area (Å²) in [5.74, 6) is 0. The predicted molar refractivity (Wildman–Crippen MR) is 91.5 cm³/mol. The average Bonchev–Trinajstić information content (AvgIpc) is 2.54. The van der Waals surface area contributed by atoms with Gasteiger partial charge in [-0.15, -0.1) is 0 Å². The average molecular weight is 292 g/mol. The van der Waals surface area contributed by atoms with Crippen LogP contribution in [-0.4, -0.2) is 20.5 Å². The van der Waals surface area contributed by atoms with Crippen molar-refractivity contribution in [1.29, 1.82) is 0 Å². The smallest absolute Gasteiger partial charge is 0.176 e. The maximum atomic E-state index is 4.94. The minimum Gasteiger partial charge on any atom is -0.352 e. The Morgan fingerprint density at radius 1 is 0.952 bits per heavy atom. The molecular formula is C19H32O2. The van der Waals surface area contributed by atoms with Gasteiger partial charge in [-0.3, -0.25) is 0 Å². The number of methoxy groups -OCH3 is 2. The zero-order chi connectivity index (χ0) is 15.8. The molecule has 0 unspecified atom stereocenters. The fourth-order valence-corrected chi connectivity index (χ4v) is 1.85. The summed E-state index contributed by atoms with van der Waals surface area (Å²) in [5.41, 5.74) is 1.47. The van der Waals surface area contributed by atoms with Crippen molar-refractivity contribution < 1.29 is 9.47 Å². The quantitative estimate of drug-likeness (QED) is 0.345. The van der Waals surface area contributed by atoms with Crippen molar-refractivity contribution in [3.8, 4) is 0 Å². The van der Waals surface area contributed by atoms with Gasteiger partial charge < -0.3 is 9.47 Å². The molecule has 1 aromatic rings. The minimum absolute atomic E-state index is 0.174. The fraction of sp³-hybridized carbons (Fsp3) is 0.579. The third-order valence-electron chi connectivity index (χ3n) is 3.13. The second-order valence-corrected chi connectivity index (χ2v) is 5.00. The molecule has 2 heteroatoms. The maximum absolute atomic E-state index is 4.94. The van der Waals surface area contributed by atoms with Crippen molar-refractivity contribution in [2.45, 2.75) is 58.7 Å². The van der Waals surface area contributed by atoms with Crippen molar-refractivity contribution >= 4 is 0 Å². The zero-order valence-corrected chi connectivity index (χ0v) is 14.2. The van der Waals surface area contributed by atoms with Crippen molar-refractivity contribution in [3.05, 3.63) is 48.0 Å². The van der Waals surface area contributed by atoms with Gasteiger partial charge in [0.2, 0.25) is 0 Å². The van der Waals surface area contributed by atoms with Crippen LogP contribution >= 0.6 is 0 Å². The lowest BCUT2D eigenvalue weighted by atomic mass is 10.1. The van der Waals surface area contributed by atoms with E-state index in [0.29, 0.717) is 0 Å². The van der Waals surface area contributed by atoms with Gasteiger partial charge in [-0.05, 0) is 30.9 Å². The number of allylic oxidation sites excluding steroid dienone is 1. The van der Waals surface area contributed by atoms with Gasteiger partial charge in [-0.2, -0.15) is 0 Å². The Balaban J connectivity index is 0.000000384. The van der Waals surface area contributed by atoms with Crippen molar-refractivity contribution in [1.82, 2.24) is 0 Å². The van der Waals surface area contributed by atoms with Gasteiger partial charge in [0.1, 0.15) is 0 Å². The first kappa shape index (κ1) is 19.9. The molecule has 0 aliphatic carbocycles. The first-order valence-corrected chi connectivity index (χ1v) is 8.04. The lowest BCUT2D eigenvalue weighted by Crippen LogP contribution is -2.08. The van der Waals surface area contributed by atoms with Crippen LogP contribution in [0.4, 0.5) is 0 Å². The van der Waals surface area contributed by atoms with Crippen LogP contribution in [0.2, 0.25) is 0 Å². The number of hydrogen-bond donors (Lipinski definition) is 0. The minimum atomic E-state index is -0.174. The van der Waals surface area contributed by atoms with E-state index in [1.807, 2.05) is 6.08 Å². The normalized spacial score (nSPS) is 10.7. The summed E-state index contributed by atoms with van der Waals surface area (Å²) in [4.78, 5) is 0. The highest BCUT2D eigenvalue weighted by molar-refractivity contribution is 5.14. The highest BCUT2D eigenvalue weighted by Gasteiger charge is 1.95. The molecule has 0 heterocycles. The van der Waals surface area contributed by atoms with Crippen LogP contribution in [0.1, 0.15) is 51.5 Å². The van der Waals surface area contributed by atoms with Gasteiger partial charge in [0, 0.05) is 14.2 Å². The van der Waals surface area contributed by atoms with Gasteiger partial charge in [-0.25, -0.2) is 0 Å². The predicted octanol–water partition coefficient (Wildman–Crippen LogP) is 5.38. The fourth-order valence-electron chi connectivity index (χ4n) is 1.85. The van der Waals surface area contributed by atoms with E-state index in [2.05, 4.69) is 50.3 Å². The van der Waals surface area contributed by atoms with Crippen LogP contribution in [0.5, 0.6) is 0 Å². The van der Waals surface area contributed by atoms with Crippen LogP contribution in [0, 0.1) is 0 Å². The van der Waals surface area contributed by atoms with Gasteiger partial charge in [0.15, 0.2) is 6.29 Å². The molecule has 0 bridgehead atoms. The molecule has 0 aliphatic heterocycles. The molecule has 1 aromatic carbocycles. The molecule has 1 rings (SSSR count). The lowest BCUT2D eigenvalue weighted by molar-refractivity contribution is -0.0667. The molecule has 0 amide bonds. The topological polar surface area (TPSA) is 18.5 Å². The van der Waals surface area contributed by atoms with Crippen molar-refractivity contribution in [2.24, 2.45) is 0 Å².